The molecule has 0 fully saturated rings. The molecule has 0 aliphatic rings. The first kappa shape index (κ1) is 16.5. The SMILES string of the molecule is CCNc1cc(C)ccc1C(=O)NCCNS(C)(=O)=O. The van der Waals surface area contributed by atoms with Gasteiger partial charge in [-0.05, 0) is 31.5 Å². The smallest absolute Gasteiger partial charge is 0.253 e. The molecule has 0 unspecified atom stereocenters. The third-order valence-electron chi connectivity index (χ3n) is 2.56. The summed E-state index contributed by atoms with van der Waals surface area (Å²) in [7, 11) is -3.22. The van der Waals surface area contributed by atoms with Crippen molar-refractivity contribution in [3.05, 3.63) is 29.3 Å². The molecule has 20 heavy (non-hydrogen) atoms. The van der Waals surface area contributed by atoms with E-state index in [4.69, 9.17) is 0 Å². The summed E-state index contributed by atoms with van der Waals surface area (Å²) in [6.45, 7) is 5.05. The number of hydrogen-bond donors (Lipinski definition) is 3. The van der Waals surface area contributed by atoms with E-state index in [9.17, 15) is 13.2 Å². The standard InChI is InChI=1S/C13H21N3O3S/c1-4-14-12-9-10(2)5-6-11(12)13(17)15-7-8-16-20(3,18)19/h5-6,9,14,16H,4,7-8H2,1-3H3,(H,15,17). The minimum atomic E-state index is -3.22. The Labute approximate surface area is 120 Å². The highest BCUT2D eigenvalue weighted by Crippen LogP contribution is 2.17. The van der Waals surface area contributed by atoms with Gasteiger partial charge in [0.25, 0.3) is 5.91 Å². The molecule has 0 aromatic heterocycles. The number of hydrogen-bond acceptors (Lipinski definition) is 4. The molecule has 0 heterocycles. The van der Waals surface area contributed by atoms with Gasteiger partial charge in [0, 0.05) is 25.3 Å². The van der Waals surface area contributed by atoms with Crippen molar-refractivity contribution in [3.63, 3.8) is 0 Å². The summed E-state index contributed by atoms with van der Waals surface area (Å²) >= 11 is 0. The second-order valence-electron chi connectivity index (χ2n) is 4.50. The van der Waals surface area contributed by atoms with Crippen LogP contribution in [0.15, 0.2) is 18.2 Å². The molecule has 112 valence electrons. The summed E-state index contributed by atoms with van der Waals surface area (Å²) in [5.41, 5.74) is 2.40. The van der Waals surface area contributed by atoms with E-state index in [2.05, 4.69) is 15.4 Å². The highest BCUT2D eigenvalue weighted by atomic mass is 32.2. The first-order valence-corrected chi connectivity index (χ1v) is 8.30. The van der Waals surface area contributed by atoms with Crippen molar-refractivity contribution in [1.82, 2.24) is 10.0 Å². The van der Waals surface area contributed by atoms with Gasteiger partial charge in [-0.2, -0.15) is 0 Å². The Morgan fingerprint density at radius 2 is 1.95 bits per heavy atom. The molecule has 0 saturated carbocycles. The summed E-state index contributed by atoms with van der Waals surface area (Å²) in [5, 5.41) is 5.82. The molecule has 1 rings (SSSR count). The molecule has 0 radical (unpaired) electrons. The van der Waals surface area contributed by atoms with Gasteiger partial charge in [0.15, 0.2) is 0 Å². The maximum atomic E-state index is 12.0. The number of aryl methyl sites for hydroxylation is 1. The highest BCUT2D eigenvalue weighted by Gasteiger charge is 2.10. The van der Waals surface area contributed by atoms with E-state index in [1.807, 2.05) is 26.0 Å². The van der Waals surface area contributed by atoms with E-state index in [1.54, 1.807) is 6.07 Å². The zero-order chi connectivity index (χ0) is 15.2. The van der Waals surface area contributed by atoms with Crippen LogP contribution < -0.4 is 15.4 Å². The molecule has 0 atom stereocenters. The highest BCUT2D eigenvalue weighted by molar-refractivity contribution is 7.88. The van der Waals surface area contributed by atoms with Gasteiger partial charge in [-0.15, -0.1) is 0 Å². The topological polar surface area (TPSA) is 87.3 Å². The summed E-state index contributed by atoms with van der Waals surface area (Å²) in [4.78, 5) is 12.0. The molecule has 1 aromatic carbocycles. The van der Waals surface area contributed by atoms with Gasteiger partial charge in [-0.25, -0.2) is 13.1 Å². The number of carbonyl (C=O) groups is 1. The number of amides is 1. The molecule has 1 amide bonds. The molecular weight excluding hydrogens is 278 g/mol. The van der Waals surface area contributed by atoms with Crippen molar-refractivity contribution in [2.24, 2.45) is 0 Å². The van der Waals surface area contributed by atoms with Crippen molar-refractivity contribution in [3.8, 4) is 0 Å². The molecule has 0 saturated heterocycles. The number of nitrogens with one attached hydrogen (secondary N) is 3. The average molecular weight is 299 g/mol. The van der Waals surface area contributed by atoms with E-state index >= 15 is 0 Å². The Morgan fingerprint density at radius 1 is 1.25 bits per heavy atom. The van der Waals surface area contributed by atoms with Crippen molar-refractivity contribution < 1.29 is 13.2 Å². The maximum Gasteiger partial charge on any atom is 0.253 e. The molecule has 6 nitrogen and oxygen atoms in total. The zero-order valence-electron chi connectivity index (χ0n) is 12.0. The summed E-state index contributed by atoms with van der Waals surface area (Å²) in [5.74, 6) is -0.226. The van der Waals surface area contributed by atoms with E-state index in [0.29, 0.717) is 5.56 Å². The van der Waals surface area contributed by atoms with Crippen molar-refractivity contribution in [2.45, 2.75) is 13.8 Å². The van der Waals surface area contributed by atoms with Gasteiger partial charge in [0.2, 0.25) is 10.0 Å². The summed E-state index contributed by atoms with van der Waals surface area (Å²) in [6, 6.07) is 5.53. The number of benzene rings is 1. The molecule has 0 bridgehead atoms. The van der Waals surface area contributed by atoms with Gasteiger partial charge < -0.3 is 10.6 Å². The predicted octanol–water partition coefficient (Wildman–Crippen LogP) is 0.706. The lowest BCUT2D eigenvalue weighted by Crippen LogP contribution is -2.34. The second-order valence-corrected chi connectivity index (χ2v) is 6.33. The predicted molar refractivity (Wildman–Crippen MR) is 80.5 cm³/mol. The van der Waals surface area contributed by atoms with Gasteiger partial charge in [0.1, 0.15) is 0 Å². The Bertz CT molecular complexity index is 570. The van der Waals surface area contributed by atoms with Crippen LogP contribution in [-0.4, -0.2) is 40.2 Å². The van der Waals surface area contributed by atoms with Crippen LogP contribution in [0.5, 0.6) is 0 Å². The molecular formula is C13H21N3O3S. The van der Waals surface area contributed by atoms with Crippen LogP contribution in [0.3, 0.4) is 0 Å². The fourth-order valence-electron chi connectivity index (χ4n) is 1.70. The van der Waals surface area contributed by atoms with E-state index in [-0.39, 0.29) is 19.0 Å². The van der Waals surface area contributed by atoms with Gasteiger partial charge in [-0.3, -0.25) is 4.79 Å². The van der Waals surface area contributed by atoms with Crippen molar-refractivity contribution >= 4 is 21.6 Å². The maximum absolute atomic E-state index is 12.0. The molecule has 7 heteroatoms. The van der Waals surface area contributed by atoms with Crippen LogP contribution in [0.1, 0.15) is 22.8 Å². The van der Waals surface area contributed by atoms with Crippen LogP contribution in [0.4, 0.5) is 5.69 Å². The van der Waals surface area contributed by atoms with Crippen LogP contribution in [0.25, 0.3) is 0 Å². The molecule has 0 aliphatic carbocycles. The Hall–Kier alpha value is -1.60. The van der Waals surface area contributed by atoms with Crippen molar-refractivity contribution in [1.29, 1.82) is 0 Å². The average Bonchev–Trinajstić information content (AvgIpc) is 2.34. The van der Waals surface area contributed by atoms with Gasteiger partial charge >= 0.3 is 0 Å². The largest absolute Gasteiger partial charge is 0.385 e. The van der Waals surface area contributed by atoms with Crippen LogP contribution >= 0.6 is 0 Å². The summed E-state index contributed by atoms with van der Waals surface area (Å²) < 4.78 is 24.1. The monoisotopic (exact) mass is 299 g/mol. The lowest BCUT2D eigenvalue weighted by molar-refractivity contribution is 0.0955. The molecule has 1 aromatic rings. The van der Waals surface area contributed by atoms with Crippen LogP contribution in [-0.2, 0) is 10.0 Å². The Kier molecular flexibility index (Phi) is 5.97. The quantitative estimate of drug-likeness (QED) is 0.647. The minimum Gasteiger partial charge on any atom is -0.385 e. The van der Waals surface area contributed by atoms with Gasteiger partial charge in [-0.1, -0.05) is 6.07 Å². The van der Waals surface area contributed by atoms with E-state index in [0.717, 1.165) is 24.1 Å². The Balaban J connectivity index is 2.63. The first-order valence-electron chi connectivity index (χ1n) is 6.41. The molecule has 0 spiro atoms. The Morgan fingerprint density at radius 3 is 2.55 bits per heavy atom. The number of sulfonamides is 1. The minimum absolute atomic E-state index is 0.174. The van der Waals surface area contributed by atoms with Crippen molar-refractivity contribution in [2.75, 3.05) is 31.2 Å². The first-order chi connectivity index (χ1) is 9.33. The zero-order valence-corrected chi connectivity index (χ0v) is 12.8. The number of anilines is 1. The van der Waals surface area contributed by atoms with Crippen LogP contribution in [0.2, 0.25) is 0 Å². The lowest BCUT2D eigenvalue weighted by atomic mass is 10.1. The second kappa shape index (κ2) is 7.25. The third-order valence-corrected chi connectivity index (χ3v) is 3.29. The normalized spacial score (nSPS) is 11.2. The number of rotatable bonds is 7. The third kappa shape index (κ3) is 5.58. The lowest BCUT2D eigenvalue weighted by Gasteiger charge is -2.12. The summed E-state index contributed by atoms with van der Waals surface area (Å²) in [6.07, 6.45) is 1.08. The number of carbonyl (C=O) groups excluding carboxylic acids is 1. The molecule has 3 N–H and O–H groups in total. The van der Waals surface area contributed by atoms with Crippen LogP contribution in [0, 0.1) is 6.92 Å². The molecule has 0 aliphatic heterocycles. The van der Waals surface area contributed by atoms with Gasteiger partial charge in [0.05, 0.1) is 11.8 Å². The fourth-order valence-corrected chi connectivity index (χ4v) is 2.17. The fraction of sp³-hybridized carbons (Fsp3) is 0.462. The van der Waals surface area contributed by atoms with E-state index < -0.39 is 10.0 Å². The van der Waals surface area contributed by atoms with E-state index in [1.165, 1.54) is 0 Å².